The number of ether oxygens (including phenoxy) is 1. The van der Waals surface area contributed by atoms with Gasteiger partial charge in [0.25, 0.3) is 0 Å². The molecule has 4 nitrogen and oxygen atoms in total. The summed E-state index contributed by atoms with van der Waals surface area (Å²) in [5, 5.41) is 0. The Morgan fingerprint density at radius 2 is 1.70 bits per heavy atom. The van der Waals surface area contributed by atoms with Crippen molar-refractivity contribution in [2.75, 3.05) is 0 Å². The van der Waals surface area contributed by atoms with Crippen LogP contribution in [0.3, 0.4) is 0 Å². The maximum absolute atomic E-state index is 13.6. The second-order valence-corrected chi connectivity index (χ2v) is 7.58. The van der Waals surface area contributed by atoms with E-state index in [1.807, 2.05) is 13.8 Å². The van der Waals surface area contributed by atoms with Gasteiger partial charge in [-0.15, -0.1) is 0 Å². The topological polar surface area (TPSA) is 64.7 Å². The molecule has 0 aliphatic carbocycles. The van der Waals surface area contributed by atoms with Gasteiger partial charge in [-0.3, -0.25) is 9.79 Å². The zero-order valence-corrected chi connectivity index (χ0v) is 15.8. The molecule has 3 rings (SSSR count). The number of halogens is 2. The van der Waals surface area contributed by atoms with E-state index in [2.05, 4.69) is 4.99 Å². The van der Waals surface area contributed by atoms with Crippen LogP contribution in [-0.2, 0) is 10.3 Å². The molecule has 2 N–H and O–H groups in total. The van der Waals surface area contributed by atoms with E-state index in [0.717, 1.165) is 6.07 Å². The van der Waals surface area contributed by atoms with Gasteiger partial charge in [0.15, 0.2) is 11.3 Å². The van der Waals surface area contributed by atoms with Crippen LogP contribution in [-0.4, -0.2) is 17.2 Å². The number of carbonyl (C=O) groups excluding carboxylic acids is 1. The number of carbonyl (C=O) groups is 1. The van der Waals surface area contributed by atoms with E-state index in [1.54, 1.807) is 25.1 Å². The van der Waals surface area contributed by atoms with Crippen molar-refractivity contribution in [3.05, 3.63) is 53.6 Å². The fourth-order valence-electron chi connectivity index (χ4n) is 3.68. The van der Waals surface area contributed by atoms with Crippen molar-refractivity contribution in [1.82, 2.24) is 0 Å². The number of benzene rings is 2. The molecule has 2 aromatic carbocycles. The molecule has 0 saturated carbocycles. The van der Waals surface area contributed by atoms with Crippen LogP contribution in [0.1, 0.15) is 39.7 Å². The van der Waals surface area contributed by atoms with Crippen LogP contribution in [0.5, 0.6) is 5.75 Å². The van der Waals surface area contributed by atoms with Crippen LogP contribution in [0, 0.1) is 11.6 Å². The normalized spacial score (nSPS) is 21.3. The molecule has 27 heavy (non-hydrogen) atoms. The summed E-state index contributed by atoms with van der Waals surface area (Å²) in [5.74, 6) is -0.738. The maximum Gasteiger partial charge on any atom is 0.162 e. The Balaban J connectivity index is 2.27. The summed E-state index contributed by atoms with van der Waals surface area (Å²) in [6.07, 6.45) is 0.303. The first-order valence-electron chi connectivity index (χ1n) is 8.65. The average Bonchev–Trinajstić information content (AvgIpc) is 2.51. The Morgan fingerprint density at radius 3 is 2.26 bits per heavy atom. The van der Waals surface area contributed by atoms with Crippen LogP contribution in [0.4, 0.5) is 8.78 Å². The molecule has 1 unspecified atom stereocenters. The predicted octanol–water partition coefficient (Wildman–Crippen LogP) is 4.35. The fraction of sp³-hybridized carbons (Fsp3) is 0.333. The minimum atomic E-state index is -1.21. The number of aliphatic imine (C=N–C) groups is 1. The van der Waals surface area contributed by atoms with Crippen molar-refractivity contribution in [3.8, 4) is 16.9 Å². The highest BCUT2D eigenvalue weighted by Gasteiger charge is 2.49. The summed E-state index contributed by atoms with van der Waals surface area (Å²) < 4.78 is 33.3. The van der Waals surface area contributed by atoms with Crippen molar-refractivity contribution in [1.29, 1.82) is 0 Å². The lowest BCUT2D eigenvalue weighted by Crippen LogP contribution is -2.47. The molecule has 1 aliphatic heterocycles. The van der Waals surface area contributed by atoms with Gasteiger partial charge in [-0.05, 0) is 63.1 Å². The number of nitrogens with two attached hydrogens (primary N) is 1. The second-order valence-electron chi connectivity index (χ2n) is 7.58. The SMILES string of the molecule is CC(=O)C1(N=C(C)N)CC(C)(C)Oc2ccc(-c3cc(F)cc(F)c3)cc21. The number of hydrogen-bond donors (Lipinski definition) is 1. The van der Waals surface area contributed by atoms with E-state index in [9.17, 15) is 13.6 Å². The molecule has 1 aliphatic rings. The lowest BCUT2D eigenvalue weighted by molar-refractivity contribution is -0.125. The Labute approximate surface area is 157 Å². The molecule has 0 bridgehead atoms. The van der Waals surface area contributed by atoms with Crippen molar-refractivity contribution in [3.63, 3.8) is 0 Å². The molecule has 0 amide bonds. The zero-order chi connectivity index (χ0) is 20.0. The van der Waals surface area contributed by atoms with Crippen LogP contribution >= 0.6 is 0 Å². The highest BCUT2D eigenvalue weighted by molar-refractivity contribution is 5.93. The van der Waals surface area contributed by atoms with Gasteiger partial charge in [-0.1, -0.05) is 6.07 Å². The Morgan fingerprint density at radius 1 is 1.07 bits per heavy atom. The number of rotatable bonds is 3. The third-order valence-electron chi connectivity index (χ3n) is 4.64. The molecule has 0 radical (unpaired) electrons. The van der Waals surface area contributed by atoms with Crippen LogP contribution < -0.4 is 10.5 Å². The smallest absolute Gasteiger partial charge is 0.162 e. The van der Waals surface area contributed by atoms with Gasteiger partial charge >= 0.3 is 0 Å². The van der Waals surface area contributed by atoms with E-state index in [1.165, 1.54) is 19.1 Å². The van der Waals surface area contributed by atoms with Gasteiger partial charge in [-0.2, -0.15) is 0 Å². The molecule has 142 valence electrons. The lowest BCUT2D eigenvalue weighted by atomic mass is 9.75. The quantitative estimate of drug-likeness (QED) is 0.643. The van der Waals surface area contributed by atoms with E-state index >= 15 is 0 Å². The zero-order valence-electron chi connectivity index (χ0n) is 15.8. The molecule has 6 heteroatoms. The summed E-state index contributed by atoms with van der Waals surface area (Å²) in [6.45, 7) is 6.85. The first-order chi connectivity index (χ1) is 12.5. The van der Waals surface area contributed by atoms with Crippen molar-refractivity contribution in [2.45, 2.75) is 45.3 Å². The Hall–Kier alpha value is -2.76. The average molecular weight is 372 g/mol. The van der Waals surface area contributed by atoms with Gasteiger partial charge in [0, 0.05) is 18.1 Å². The molecule has 1 heterocycles. The van der Waals surface area contributed by atoms with E-state index in [-0.39, 0.29) is 11.6 Å². The third-order valence-corrected chi connectivity index (χ3v) is 4.64. The van der Waals surface area contributed by atoms with Crippen molar-refractivity contribution >= 4 is 11.6 Å². The molecule has 1 atom stereocenters. The fourth-order valence-corrected chi connectivity index (χ4v) is 3.68. The number of hydrogen-bond acceptors (Lipinski definition) is 3. The van der Waals surface area contributed by atoms with E-state index in [4.69, 9.17) is 10.5 Å². The van der Waals surface area contributed by atoms with Gasteiger partial charge in [0.2, 0.25) is 0 Å². The summed E-state index contributed by atoms with van der Waals surface area (Å²) in [4.78, 5) is 17.2. The van der Waals surface area contributed by atoms with Gasteiger partial charge < -0.3 is 10.5 Å². The van der Waals surface area contributed by atoms with Gasteiger partial charge in [0.05, 0.1) is 5.84 Å². The predicted molar refractivity (Wildman–Crippen MR) is 101 cm³/mol. The monoisotopic (exact) mass is 372 g/mol. The summed E-state index contributed by atoms with van der Waals surface area (Å²) in [5.41, 5.74) is 5.46. The lowest BCUT2D eigenvalue weighted by Gasteiger charge is -2.42. The minimum absolute atomic E-state index is 0.174. The molecular weight excluding hydrogens is 350 g/mol. The third kappa shape index (κ3) is 3.56. The summed E-state index contributed by atoms with van der Waals surface area (Å²) in [6, 6.07) is 8.41. The highest BCUT2D eigenvalue weighted by Crippen LogP contribution is 2.48. The number of ketones is 1. The summed E-state index contributed by atoms with van der Waals surface area (Å²) >= 11 is 0. The van der Waals surface area contributed by atoms with Crippen LogP contribution in [0.2, 0.25) is 0 Å². The number of fused-ring (bicyclic) bond motifs is 1. The van der Waals surface area contributed by atoms with E-state index < -0.39 is 22.8 Å². The van der Waals surface area contributed by atoms with Crippen LogP contribution in [0.25, 0.3) is 11.1 Å². The second kappa shape index (κ2) is 6.44. The molecule has 0 aromatic heterocycles. The number of Topliss-reactive ketones (excluding diaryl/α,β-unsaturated/α-hetero) is 1. The number of amidine groups is 1. The number of nitrogens with zero attached hydrogens (tertiary/aromatic N) is 1. The molecule has 0 spiro atoms. The Bertz CT molecular complexity index is 929. The standard InChI is InChI=1S/C21H22F2N2O2/c1-12(26)21(25-13(2)24)11-20(3,4)27-19-6-5-14(9-18(19)21)15-7-16(22)10-17(23)8-15/h5-10H,11H2,1-4H3,(H2,24,25). The summed E-state index contributed by atoms with van der Waals surface area (Å²) in [7, 11) is 0. The van der Waals surface area contributed by atoms with Crippen molar-refractivity contribution in [2.24, 2.45) is 10.7 Å². The molecule has 0 saturated heterocycles. The molecular formula is C21H22F2N2O2. The van der Waals surface area contributed by atoms with Crippen LogP contribution in [0.15, 0.2) is 41.4 Å². The largest absolute Gasteiger partial charge is 0.487 e. The van der Waals surface area contributed by atoms with Gasteiger partial charge in [0.1, 0.15) is 23.0 Å². The van der Waals surface area contributed by atoms with Gasteiger partial charge in [-0.25, -0.2) is 8.78 Å². The Kier molecular flexibility index (Phi) is 4.54. The minimum Gasteiger partial charge on any atom is -0.487 e. The maximum atomic E-state index is 13.6. The first kappa shape index (κ1) is 19.0. The first-order valence-corrected chi connectivity index (χ1v) is 8.65. The highest BCUT2D eigenvalue weighted by atomic mass is 19.1. The molecule has 2 aromatic rings. The molecule has 0 fully saturated rings. The van der Waals surface area contributed by atoms with Crippen molar-refractivity contribution < 1.29 is 18.3 Å². The van der Waals surface area contributed by atoms with E-state index in [0.29, 0.717) is 28.9 Å².